The number of fused-ring (bicyclic) bond motifs is 1. The number of ether oxygens (including phenoxy) is 1. The largest absolute Gasteiger partial charge is 0.423 e. The van der Waals surface area contributed by atoms with Gasteiger partial charge in [0.1, 0.15) is 5.82 Å². The third-order valence-electron chi connectivity index (χ3n) is 2.21. The Balaban J connectivity index is 2.35. The SMILES string of the molecule is CCc1ncc2c(n1)CCCC(=O)O2. The van der Waals surface area contributed by atoms with Crippen LogP contribution >= 0.6 is 0 Å². The topological polar surface area (TPSA) is 52.1 Å². The van der Waals surface area contributed by atoms with Crippen LogP contribution in [0.25, 0.3) is 0 Å². The molecule has 1 aliphatic heterocycles. The van der Waals surface area contributed by atoms with Crippen LogP contribution in [0.4, 0.5) is 0 Å². The summed E-state index contributed by atoms with van der Waals surface area (Å²) in [5.74, 6) is 1.16. The van der Waals surface area contributed by atoms with Gasteiger partial charge in [0.25, 0.3) is 0 Å². The van der Waals surface area contributed by atoms with Crippen molar-refractivity contribution in [3.8, 4) is 5.75 Å². The highest BCUT2D eigenvalue weighted by Gasteiger charge is 2.16. The highest BCUT2D eigenvalue weighted by molar-refractivity contribution is 5.73. The fourth-order valence-electron chi connectivity index (χ4n) is 1.46. The van der Waals surface area contributed by atoms with Crippen molar-refractivity contribution < 1.29 is 9.53 Å². The van der Waals surface area contributed by atoms with Gasteiger partial charge >= 0.3 is 5.97 Å². The Hall–Kier alpha value is -1.45. The predicted molar refractivity (Wildman–Crippen MR) is 50.0 cm³/mol. The van der Waals surface area contributed by atoms with E-state index in [9.17, 15) is 4.79 Å². The number of carbonyl (C=O) groups is 1. The summed E-state index contributed by atoms with van der Waals surface area (Å²) in [5.41, 5.74) is 0.864. The smallest absolute Gasteiger partial charge is 0.311 e. The molecule has 0 saturated heterocycles. The molecule has 74 valence electrons. The zero-order valence-electron chi connectivity index (χ0n) is 8.12. The third kappa shape index (κ3) is 1.73. The van der Waals surface area contributed by atoms with Gasteiger partial charge in [-0.3, -0.25) is 4.79 Å². The molecule has 0 unspecified atom stereocenters. The number of aromatic nitrogens is 2. The maximum absolute atomic E-state index is 11.1. The number of carbonyl (C=O) groups excluding carboxylic acids is 1. The highest BCUT2D eigenvalue weighted by atomic mass is 16.5. The molecule has 0 radical (unpaired) electrons. The van der Waals surface area contributed by atoms with Crippen LogP contribution < -0.4 is 4.74 Å². The Kier molecular flexibility index (Phi) is 2.43. The van der Waals surface area contributed by atoms with Gasteiger partial charge < -0.3 is 4.74 Å². The molecule has 14 heavy (non-hydrogen) atoms. The van der Waals surface area contributed by atoms with Crippen molar-refractivity contribution in [3.63, 3.8) is 0 Å². The van der Waals surface area contributed by atoms with E-state index in [1.54, 1.807) is 6.20 Å². The minimum absolute atomic E-state index is 0.184. The maximum Gasteiger partial charge on any atom is 0.311 e. The second-order valence-electron chi connectivity index (χ2n) is 3.28. The van der Waals surface area contributed by atoms with Gasteiger partial charge in [0, 0.05) is 12.8 Å². The Labute approximate surface area is 82.3 Å². The van der Waals surface area contributed by atoms with E-state index in [0.29, 0.717) is 12.2 Å². The van der Waals surface area contributed by atoms with Crippen molar-refractivity contribution in [2.75, 3.05) is 0 Å². The van der Waals surface area contributed by atoms with E-state index in [2.05, 4.69) is 9.97 Å². The molecule has 1 aromatic rings. The average Bonchev–Trinajstić information content (AvgIpc) is 2.37. The molecule has 0 bridgehead atoms. The van der Waals surface area contributed by atoms with Crippen LogP contribution in [-0.4, -0.2) is 15.9 Å². The second-order valence-corrected chi connectivity index (χ2v) is 3.28. The standard InChI is InChI=1S/C10H12N2O2/c1-2-9-11-6-8-7(12-9)4-3-5-10(13)14-8/h6H,2-5H2,1H3. The Morgan fingerprint density at radius 2 is 2.36 bits per heavy atom. The van der Waals surface area contributed by atoms with Gasteiger partial charge in [-0.2, -0.15) is 0 Å². The first-order chi connectivity index (χ1) is 6.79. The van der Waals surface area contributed by atoms with E-state index < -0.39 is 0 Å². The lowest BCUT2D eigenvalue weighted by Gasteiger charge is -2.04. The lowest BCUT2D eigenvalue weighted by molar-refractivity contribution is -0.134. The van der Waals surface area contributed by atoms with Gasteiger partial charge in [0.05, 0.1) is 11.9 Å². The summed E-state index contributed by atoms with van der Waals surface area (Å²) in [6, 6.07) is 0. The van der Waals surface area contributed by atoms with E-state index in [1.807, 2.05) is 6.92 Å². The minimum Gasteiger partial charge on any atom is -0.423 e. The van der Waals surface area contributed by atoms with Gasteiger partial charge in [-0.15, -0.1) is 0 Å². The van der Waals surface area contributed by atoms with Crippen LogP contribution in [0.1, 0.15) is 31.3 Å². The lowest BCUT2D eigenvalue weighted by atomic mass is 10.2. The summed E-state index contributed by atoms with van der Waals surface area (Å²) in [6.45, 7) is 2.00. The average molecular weight is 192 g/mol. The van der Waals surface area contributed by atoms with Crippen LogP contribution in [-0.2, 0) is 17.6 Å². The van der Waals surface area contributed by atoms with E-state index in [-0.39, 0.29) is 5.97 Å². The Morgan fingerprint density at radius 1 is 1.50 bits per heavy atom. The molecule has 2 heterocycles. The summed E-state index contributed by atoms with van der Waals surface area (Å²) in [6.07, 6.45) is 4.49. The molecule has 0 atom stereocenters. The normalized spacial score (nSPS) is 15.6. The van der Waals surface area contributed by atoms with Crippen LogP contribution in [0.15, 0.2) is 6.20 Å². The molecule has 0 spiro atoms. The van der Waals surface area contributed by atoms with Gasteiger partial charge in [-0.25, -0.2) is 9.97 Å². The van der Waals surface area contributed by atoms with Gasteiger partial charge in [0.15, 0.2) is 5.75 Å². The van der Waals surface area contributed by atoms with Crippen molar-refractivity contribution in [2.24, 2.45) is 0 Å². The second kappa shape index (κ2) is 3.74. The quantitative estimate of drug-likeness (QED) is 0.629. The van der Waals surface area contributed by atoms with Crippen molar-refractivity contribution >= 4 is 5.97 Å². The fraction of sp³-hybridized carbons (Fsp3) is 0.500. The lowest BCUT2D eigenvalue weighted by Crippen LogP contribution is -2.06. The summed E-state index contributed by atoms with van der Waals surface area (Å²) >= 11 is 0. The van der Waals surface area contributed by atoms with Gasteiger partial charge in [-0.05, 0) is 12.8 Å². The van der Waals surface area contributed by atoms with Gasteiger partial charge in [-0.1, -0.05) is 6.92 Å². The number of esters is 1. The number of hydrogen-bond donors (Lipinski definition) is 0. The molecule has 1 aliphatic rings. The van der Waals surface area contributed by atoms with Crippen LogP contribution in [0.3, 0.4) is 0 Å². The molecule has 0 N–H and O–H groups in total. The zero-order valence-corrected chi connectivity index (χ0v) is 8.12. The molecule has 0 saturated carbocycles. The number of rotatable bonds is 1. The molecule has 0 aromatic carbocycles. The fourth-order valence-corrected chi connectivity index (χ4v) is 1.46. The number of aryl methyl sites for hydroxylation is 2. The van der Waals surface area contributed by atoms with E-state index in [0.717, 1.165) is 30.8 Å². The zero-order chi connectivity index (χ0) is 9.97. The van der Waals surface area contributed by atoms with E-state index in [4.69, 9.17) is 4.74 Å². The first kappa shape index (κ1) is 9.12. The Bertz CT molecular complexity index is 363. The summed E-state index contributed by atoms with van der Waals surface area (Å²) in [7, 11) is 0. The van der Waals surface area contributed by atoms with E-state index >= 15 is 0 Å². The van der Waals surface area contributed by atoms with Gasteiger partial charge in [0.2, 0.25) is 0 Å². The first-order valence-electron chi connectivity index (χ1n) is 4.85. The third-order valence-corrected chi connectivity index (χ3v) is 2.21. The molecular formula is C10H12N2O2. The summed E-state index contributed by atoms with van der Waals surface area (Å²) < 4.78 is 5.09. The van der Waals surface area contributed by atoms with Crippen molar-refractivity contribution in [3.05, 3.63) is 17.7 Å². The van der Waals surface area contributed by atoms with Crippen LogP contribution in [0.5, 0.6) is 5.75 Å². The van der Waals surface area contributed by atoms with Crippen molar-refractivity contribution in [1.82, 2.24) is 9.97 Å². The minimum atomic E-state index is -0.184. The maximum atomic E-state index is 11.1. The molecular weight excluding hydrogens is 180 g/mol. The monoisotopic (exact) mass is 192 g/mol. The van der Waals surface area contributed by atoms with Crippen LogP contribution in [0, 0.1) is 0 Å². The van der Waals surface area contributed by atoms with Crippen molar-refractivity contribution in [1.29, 1.82) is 0 Å². The predicted octanol–water partition coefficient (Wildman–Crippen LogP) is 1.28. The summed E-state index contributed by atoms with van der Waals surface area (Å²) in [5, 5.41) is 0. The Morgan fingerprint density at radius 3 is 3.14 bits per heavy atom. The molecule has 2 rings (SSSR count). The molecule has 0 amide bonds. The first-order valence-corrected chi connectivity index (χ1v) is 4.85. The van der Waals surface area contributed by atoms with Crippen LogP contribution in [0.2, 0.25) is 0 Å². The van der Waals surface area contributed by atoms with Crippen molar-refractivity contribution in [2.45, 2.75) is 32.6 Å². The summed E-state index contributed by atoms with van der Waals surface area (Å²) in [4.78, 5) is 19.6. The molecule has 4 heteroatoms. The molecule has 1 aromatic heterocycles. The molecule has 0 fully saturated rings. The number of hydrogen-bond acceptors (Lipinski definition) is 4. The molecule has 4 nitrogen and oxygen atoms in total. The highest BCUT2D eigenvalue weighted by Crippen LogP contribution is 2.21. The van der Waals surface area contributed by atoms with E-state index in [1.165, 1.54) is 0 Å². The number of nitrogens with zero attached hydrogens (tertiary/aromatic N) is 2. The molecule has 0 aliphatic carbocycles.